The number of halogens is 1. The number of hydrogen-bond acceptors (Lipinski definition) is 4. The molecule has 0 saturated carbocycles. The zero-order valence-electron chi connectivity index (χ0n) is 15.1. The number of ether oxygens (including phenoxy) is 1. The Morgan fingerprint density at radius 3 is 2.73 bits per heavy atom. The normalized spacial score (nSPS) is 14.7. The van der Waals surface area contributed by atoms with Crippen LogP contribution in [0.4, 0.5) is 5.69 Å². The first kappa shape index (κ1) is 21.0. The number of rotatable bonds is 6. The topological polar surface area (TPSA) is 48.9 Å². The van der Waals surface area contributed by atoms with E-state index in [2.05, 4.69) is 68.5 Å². The molecule has 7 heteroatoms. The zero-order chi connectivity index (χ0) is 17.3. The number of benzene rings is 1. The predicted molar refractivity (Wildman–Crippen MR) is 121 cm³/mol. The van der Waals surface area contributed by atoms with E-state index in [1.54, 1.807) is 11.3 Å². The molecule has 1 aliphatic heterocycles. The van der Waals surface area contributed by atoms with Gasteiger partial charge in [0.15, 0.2) is 5.96 Å². The van der Waals surface area contributed by atoms with E-state index >= 15 is 0 Å². The second-order valence-electron chi connectivity index (χ2n) is 5.91. The molecule has 142 valence electrons. The Hall–Kier alpha value is -1.32. The molecule has 1 aliphatic rings. The summed E-state index contributed by atoms with van der Waals surface area (Å²) >= 11 is 1.71. The molecular weight excluding hydrogens is 459 g/mol. The number of aliphatic imine (C=N–C) groups is 1. The molecule has 5 nitrogen and oxygen atoms in total. The molecule has 1 saturated heterocycles. The summed E-state index contributed by atoms with van der Waals surface area (Å²) in [7, 11) is 0. The van der Waals surface area contributed by atoms with E-state index in [1.807, 2.05) is 0 Å². The molecule has 0 aliphatic carbocycles. The number of hydrogen-bond donors (Lipinski definition) is 2. The number of anilines is 1. The quantitative estimate of drug-likeness (QED) is 0.373. The van der Waals surface area contributed by atoms with Crippen LogP contribution in [0.2, 0.25) is 0 Å². The molecule has 2 heterocycles. The minimum absolute atomic E-state index is 0. The van der Waals surface area contributed by atoms with Crippen molar-refractivity contribution in [3.63, 3.8) is 0 Å². The van der Waals surface area contributed by atoms with Crippen molar-refractivity contribution in [2.45, 2.75) is 20.0 Å². The van der Waals surface area contributed by atoms with Crippen molar-refractivity contribution >= 4 is 47.0 Å². The SMILES string of the molecule is CCNC(=NCc1ccsc1)NCc1ccccc1N1CCOCC1.I. The van der Waals surface area contributed by atoms with Gasteiger partial charge in [0.25, 0.3) is 0 Å². The van der Waals surface area contributed by atoms with E-state index in [0.29, 0.717) is 6.54 Å². The minimum atomic E-state index is 0. The van der Waals surface area contributed by atoms with Crippen molar-refractivity contribution in [3.8, 4) is 0 Å². The average Bonchev–Trinajstić information content (AvgIpc) is 3.18. The van der Waals surface area contributed by atoms with E-state index in [1.165, 1.54) is 16.8 Å². The fourth-order valence-corrected chi connectivity index (χ4v) is 3.51. The molecule has 2 aromatic rings. The molecule has 2 N–H and O–H groups in total. The van der Waals surface area contributed by atoms with Gasteiger partial charge in [-0.1, -0.05) is 18.2 Å². The van der Waals surface area contributed by atoms with Crippen molar-refractivity contribution in [3.05, 3.63) is 52.2 Å². The number of para-hydroxylation sites is 1. The highest BCUT2D eigenvalue weighted by Gasteiger charge is 2.14. The molecule has 1 aromatic heterocycles. The second-order valence-corrected chi connectivity index (χ2v) is 6.69. The fourth-order valence-electron chi connectivity index (χ4n) is 2.85. The standard InChI is InChI=1S/C19H26N4OS.HI/c1-2-20-19(21-13-16-7-12-25-15-16)22-14-17-5-3-4-6-18(17)23-8-10-24-11-9-23;/h3-7,12,15H,2,8-11,13-14H2,1H3,(H2,20,21,22);1H. The maximum atomic E-state index is 5.47. The van der Waals surface area contributed by atoms with Crippen LogP contribution in [0.5, 0.6) is 0 Å². The monoisotopic (exact) mass is 486 g/mol. The number of morpholine rings is 1. The van der Waals surface area contributed by atoms with Crippen molar-refractivity contribution in [1.82, 2.24) is 10.6 Å². The first-order valence-electron chi connectivity index (χ1n) is 8.80. The molecule has 26 heavy (non-hydrogen) atoms. The van der Waals surface area contributed by atoms with Crippen molar-refractivity contribution in [1.29, 1.82) is 0 Å². The van der Waals surface area contributed by atoms with Crippen molar-refractivity contribution < 1.29 is 4.74 Å². The molecule has 3 rings (SSSR count). The van der Waals surface area contributed by atoms with E-state index in [9.17, 15) is 0 Å². The Bertz CT molecular complexity index is 672. The van der Waals surface area contributed by atoms with Crippen LogP contribution >= 0.6 is 35.3 Å². The summed E-state index contributed by atoms with van der Waals surface area (Å²) in [5, 5.41) is 11.0. The molecule has 0 atom stereocenters. The van der Waals surface area contributed by atoms with Crippen LogP contribution in [0.15, 0.2) is 46.1 Å². The van der Waals surface area contributed by atoms with Gasteiger partial charge >= 0.3 is 0 Å². The van der Waals surface area contributed by atoms with Gasteiger partial charge in [-0.2, -0.15) is 11.3 Å². The Kier molecular flexibility index (Phi) is 9.21. The maximum absolute atomic E-state index is 5.47. The third-order valence-corrected chi connectivity index (χ3v) is 4.87. The van der Waals surface area contributed by atoms with Gasteiger partial charge in [0.05, 0.1) is 19.8 Å². The van der Waals surface area contributed by atoms with Gasteiger partial charge in [0.1, 0.15) is 0 Å². The van der Waals surface area contributed by atoms with Crippen molar-refractivity contribution in [2.75, 3.05) is 37.7 Å². The summed E-state index contributed by atoms with van der Waals surface area (Å²) in [4.78, 5) is 7.08. The fraction of sp³-hybridized carbons (Fsp3) is 0.421. The predicted octanol–water partition coefficient (Wildman–Crippen LogP) is 3.46. The largest absolute Gasteiger partial charge is 0.378 e. The van der Waals surface area contributed by atoms with Crippen LogP contribution in [-0.4, -0.2) is 38.8 Å². The molecule has 0 unspecified atom stereocenters. The Balaban J connectivity index is 0.00000243. The highest BCUT2D eigenvalue weighted by atomic mass is 127. The Labute approximate surface area is 176 Å². The van der Waals surface area contributed by atoms with Gasteiger partial charge in [-0.15, -0.1) is 24.0 Å². The summed E-state index contributed by atoms with van der Waals surface area (Å²) in [5.41, 5.74) is 3.81. The summed E-state index contributed by atoms with van der Waals surface area (Å²) in [6, 6.07) is 10.7. The Morgan fingerprint density at radius 2 is 2.00 bits per heavy atom. The van der Waals surface area contributed by atoms with Gasteiger partial charge in [-0.25, -0.2) is 4.99 Å². The lowest BCUT2D eigenvalue weighted by Crippen LogP contribution is -2.39. The lowest BCUT2D eigenvalue weighted by molar-refractivity contribution is 0.122. The third kappa shape index (κ3) is 6.14. The molecule has 0 spiro atoms. The van der Waals surface area contributed by atoms with Crippen LogP contribution in [0.1, 0.15) is 18.1 Å². The van der Waals surface area contributed by atoms with Crippen LogP contribution < -0.4 is 15.5 Å². The third-order valence-electron chi connectivity index (χ3n) is 4.13. The Morgan fingerprint density at radius 1 is 1.19 bits per heavy atom. The molecule has 0 amide bonds. The first-order valence-corrected chi connectivity index (χ1v) is 9.75. The summed E-state index contributed by atoms with van der Waals surface area (Å²) < 4.78 is 5.47. The highest BCUT2D eigenvalue weighted by Crippen LogP contribution is 2.21. The van der Waals surface area contributed by atoms with E-state index in [0.717, 1.165) is 45.4 Å². The van der Waals surface area contributed by atoms with Gasteiger partial charge in [0, 0.05) is 31.9 Å². The number of thiophene rings is 1. The smallest absolute Gasteiger partial charge is 0.191 e. The van der Waals surface area contributed by atoms with Crippen LogP contribution in [-0.2, 0) is 17.8 Å². The molecule has 1 fully saturated rings. The number of nitrogens with one attached hydrogen (secondary N) is 2. The molecule has 0 radical (unpaired) electrons. The highest BCUT2D eigenvalue weighted by molar-refractivity contribution is 14.0. The summed E-state index contributed by atoms with van der Waals surface area (Å²) in [6.07, 6.45) is 0. The number of guanidine groups is 1. The van der Waals surface area contributed by atoms with Gasteiger partial charge < -0.3 is 20.3 Å². The van der Waals surface area contributed by atoms with Crippen LogP contribution in [0.25, 0.3) is 0 Å². The van der Waals surface area contributed by atoms with E-state index in [-0.39, 0.29) is 24.0 Å². The lowest BCUT2D eigenvalue weighted by atomic mass is 10.1. The van der Waals surface area contributed by atoms with Gasteiger partial charge in [0.2, 0.25) is 0 Å². The van der Waals surface area contributed by atoms with E-state index in [4.69, 9.17) is 4.74 Å². The first-order chi connectivity index (χ1) is 12.4. The molecular formula is C19H27IN4OS. The van der Waals surface area contributed by atoms with Crippen LogP contribution in [0.3, 0.4) is 0 Å². The van der Waals surface area contributed by atoms with Gasteiger partial charge in [-0.05, 0) is 40.9 Å². The van der Waals surface area contributed by atoms with Crippen molar-refractivity contribution in [2.24, 2.45) is 4.99 Å². The van der Waals surface area contributed by atoms with E-state index < -0.39 is 0 Å². The van der Waals surface area contributed by atoms with Gasteiger partial charge in [-0.3, -0.25) is 0 Å². The summed E-state index contributed by atoms with van der Waals surface area (Å²) in [5.74, 6) is 0.852. The number of nitrogens with zero attached hydrogens (tertiary/aromatic N) is 2. The molecule has 0 bridgehead atoms. The molecule has 1 aromatic carbocycles. The maximum Gasteiger partial charge on any atom is 0.191 e. The zero-order valence-corrected chi connectivity index (χ0v) is 18.3. The lowest BCUT2D eigenvalue weighted by Gasteiger charge is -2.30. The summed E-state index contributed by atoms with van der Waals surface area (Å²) in [6.45, 7) is 7.88. The minimum Gasteiger partial charge on any atom is -0.378 e. The van der Waals surface area contributed by atoms with Crippen LogP contribution in [0, 0.1) is 0 Å². The second kappa shape index (κ2) is 11.4. The average molecular weight is 486 g/mol.